The van der Waals surface area contributed by atoms with Crippen LogP contribution in [0.15, 0.2) is 41.1 Å². The lowest BCUT2D eigenvalue weighted by Crippen LogP contribution is -2.23. The molecule has 1 heterocycles. The molecule has 98 valence electrons. The molecular weight excluding hydrogens is 315 g/mol. The van der Waals surface area contributed by atoms with E-state index >= 15 is 0 Å². The first-order valence-electron chi connectivity index (χ1n) is 5.42. The van der Waals surface area contributed by atoms with Crippen molar-refractivity contribution in [1.29, 1.82) is 0 Å². The van der Waals surface area contributed by atoms with Gasteiger partial charge in [0.15, 0.2) is 0 Å². The predicted octanol–water partition coefficient (Wildman–Crippen LogP) is 2.62. The van der Waals surface area contributed by atoms with Crippen molar-refractivity contribution >= 4 is 21.8 Å². The number of halogens is 2. The standard InChI is InChI=1S/C13H10BrFN2O2/c14-10-1-2-12(15)8(3-10)6-17-13(19)9-4-11(18)7-16-5-9/h1-5,7,18H,6H2,(H,17,19). The van der Waals surface area contributed by atoms with E-state index in [0.717, 1.165) is 4.47 Å². The fourth-order valence-electron chi connectivity index (χ4n) is 1.51. The number of amides is 1. The maximum absolute atomic E-state index is 13.5. The summed E-state index contributed by atoms with van der Waals surface area (Å²) in [4.78, 5) is 15.5. The van der Waals surface area contributed by atoms with Crippen LogP contribution >= 0.6 is 15.9 Å². The zero-order chi connectivity index (χ0) is 13.8. The molecule has 0 atom stereocenters. The van der Waals surface area contributed by atoms with Gasteiger partial charge in [-0.15, -0.1) is 0 Å². The Morgan fingerprint density at radius 2 is 2.16 bits per heavy atom. The van der Waals surface area contributed by atoms with Crippen molar-refractivity contribution in [2.75, 3.05) is 0 Å². The third-order valence-corrected chi connectivity index (χ3v) is 2.93. The number of rotatable bonds is 3. The van der Waals surface area contributed by atoms with Crippen LogP contribution in [-0.4, -0.2) is 16.0 Å². The Balaban J connectivity index is 2.06. The third-order valence-electron chi connectivity index (χ3n) is 2.43. The lowest BCUT2D eigenvalue weighted by atomic mass is 10.2. The van der Waals surface area contributed by atoms with Gasteiger partial charge in [0.25, 0.3) is 5.91 Å². The molecule has 1 aromatic heterocycles. The molecule has 6 heteroatoms. The van der Waals surface area contributed by atoms with E-state index in [1.807, 2.05) is 0 Å². The fraction of sp³-hybridized carbons (Fsp3) is 0.0769. The number of carbonyl (C=O) groups excluding carboxylic acids is 1. The van der Waals surface area contributed by atoms with Crippen molar-refractivity contribution in [2.45, 2.75) is 6.54 Å². The van der Waals surface area contributed by atoms with Crippen LogP contribution < -0.4 is 5.32 Å². The minimum absolute atomic E-state index is 0.0553. The van der Waals surface area contributed by atoms with Crippen LogP contribution in [0.2, 0.25) is 0 Å². The summed E-state index contributed by atoms with van der Waals surface area (Å²) in [6, 6.07) is 5.79. The Bertz CT molecular complexity index is 619. The van der Waals surface area contributed by atoms with Gasteiger partial charge in [-0.2, -0.15) is 0 Å². The highest BCUT2D eigenvalue weighted by Crippen LogP contribution is 2.15. The Kier molecular flexibility index (Phi) is 4.11. The van der Waals surface area contributed by atoms with Crippen LogP contribution in [-0.2, 0) is 6.54 Å². The summed E-state index contributed by atoms with van der Waals surface area (Å²) in [5, 5.41) is 11.8. The van der Waals surface area contributed by atoms with Crippen LogP contribution in [0.5, 0.6) is 5.75 Å². The van der Waals surface area contributed by atoms with Crippen molar-refractivity contribution in [3.63, 3.8) is 0 Å². The second-order valence-electron chi connectivity index (χ2n) is 3.85. The summed E-state index contributed by atoms with van der Waals surface area (Å²) in [5.41, 5.74) is 0.589. The van der Waals surface area contributed by atoms with Gasteiger partial charge in [0.05, 0.1) is 11.8 Å². The van der Waals surface area contributed by atoms with Gasteiger partial charge >= 0.3 is 0 Å². The minimum atomic E-state index is -0.428. The molecular formula is C13H10BrFN2O2. The first-order valence-corrected chi connectivity index (χ1v) is 6.21. The van der Waals surface area contributed by atoms with E-state index < -0.39 is 11.7 Å². The zero-order valence-electron chi connectivity index (χ0n) is 9.73. The van der Waals surface area contributed by atoms with Gasteiger partial charge in [-0.05, 0) is 24.3 Å². The number of aromatic hydroxyl groups is 1. The third kappa shape index (κ3) is 3.51. The second kappa shape index (κ2) is 5.79. The predicted molar refractivity (Wildman–Crippen MR) is 71.2 cm³/mol. The van der Waals surface area contributed by atoms with Crippen LogP contribution in [0, 0.1) is 5.82 Å². The van der Waals surface area contributed by atoms with E-state index in [2.05, 4.69) is 26.2 Å². The van der Waals surface area contributed by atoms with Crippen molar-refractivity contribution in [2.24, 2.45) is 0 Å². The molecule has 0 aliphatic rings. The number of hydrogen-bond acceptors (Lipinski definition) is 3. The van der Waals surface area contributed by atoms with E-state index in [0.29, 0.717) is 5.56 Å². The Morgan fingerprint density at radius 1 is 1.37 bits per heavy atom. The molecule has 0 unspecified atom stereocenters. The zero-order valence-corrected chi connectivity index (χ0v) is 11.3. The fourth-order valence-corrected chi connectivity index (χ4v) is 1.92. The van der Waals surface area contributed by atoms with Crippen molar-refractivity contribution in [3.8, 4) is 5.75 Å². The van der Waals surface area contributed by atoms with Crippen LogP contribution in [0.4, 0.5) is 4.39 Å². The molecule has 0 radical (unpaired) electrons. The number of nitrogens with zero attached hydrogens (tertiary/aromatic N) is 1. The minimum Gasteiger partial charge on any atom is -0.506 e. The second-order valence-corrected chi connectivity index (χ2v) is 4.77. The molecule has 0 saturated heterocycles. The average Bonchev–Trinajstić information content (AvgIpc) is 2.39. The quantitative estimate of drug-likeness (QED) is 0.912. The largest absolute Gasteiger partial charge is 0.506 e. The molecule has 4 nitrogen and oxygen atoms in total. The Hall–Kier alpha value is -1.95. The van der Waals surface area contributed by atoms with Crippen molar-refractivity contribution in [1.82, 2.24) is 10.3 Å². The smallest absolute Gasteiger partial charge is 0.253 e. The molecule has 0 aliphatic carbocycles. The molecule has 0 fully saturated rings. The number of nitrogens with one attached hydrogen (secondary N) is 1. The summed E-state index contributed by atoms with van der Waals surface area (Å²) in [6.07, 6.45) is 2.55. The van der Waals surface area contributed by atoms with Gasteiger partial charge in [-0.3, -0.25) is 9.78 Å². The van der Waals surface area contributed by atoms with Crippen LogP contribution in [0.25, 0.3) is 0 Å². The van der Waals surface area contributed by atoms with Crippen molar-refractivity contribution < 1.29 is 14.3 Å². The first-order chi connectivity index (χ1) is 9.06. The lowest BCUT2D eigenvalue weighted by molar-refractivity contribution is 0.0950. The molecule has 1 amide bonds. The molecule has 2 aromatic rings. The highest BCUT2D eigenvalue weighted by molar-refractivity contribution is 9.10. The molecule has 1 aromatic carbocycles. The van der Waals surface area contributed by atoms with E-state index in [1.54, 1.807) is 12.1 Å². The van der Waals surface area contributed by atoms with E-state index in [-0.39, 0.29) is 17.9 Å². The van der Waals surface area contributed by atoms with Crippen LogP contribution in [0.1, 0.15) is 15.9 Å². The molecule has 0 saturated carbocycles. The van der Waals surface area contributed by atoms with Gasteiger partial charge < -0.3 is 10.4 Å². The molecule has 2 rings (SSSR count). The summed E-state index contributed by atoms with van der Waals surface area (Å²) in [6.45, 7) is 0.0553. The monoisotopic (exact) mass is 324 g/mol. The summed E-state index contributed by atoms with van der Waals surface area (Å²) in [5.74, 6) is -0.915. The van der Waals surface area contributed by atoms with Crippen molar-refractivity contribution in [3.05, 3.63) is 58.1 Å². The summed E-state index contributed by atoms with van der Waals surface area (Å²) < 4.78 is 14.2. The summed E-state index contributed by atoms with van der Waals surface area (Å²) in [7, 11) is 0. The van der Waals surface area contributed by atoms with E-state index in [4.69, 9.17) is 0 Å². The number of benzene rings is 1. The van der Waals surface area contributed by atoms with Gasteiger partial charge in [-0.25, -0.2) is 4.39 Å². The maximum Gasteiger partial charge on any atom is 0.253 e. The van der Waals surface area contributed by atoms with Gasteiger partial charge in [0.2, 0.25) is 0 Å². The van der Waals surface area contributed by atoms with E-state index in [9.17, 15) is 14.3 Å². The number of carbonyl (C=O) groups is 1. The van der Waals surface area contributed by atoms with Gasteiger partial charge in [0, 0.05) is 22.8 Å². The molecule has 0 bridgehead atoms. The highest BCUT2D eigenvalue weighted by atomic mass is 79.9. The van der Waals surface area contributed by atoms with E-state index in [1.165, 1.54) is 24.5 Å². The normalized spacial score (nSPS) is 10.2. The molecule has 2 N–H and O–H groups in total. The SMILES string of the molecule is O=C(NCc1cc(Br)ccc1F)c1cncc(O)c1. The first kappa shape index (κ1) is 13.5. The number of aromatic nitrogens is 1. The number of pyridine rings is 1. The molecule has 19 heavy (non-hydrogen) atoms. The Labute approximate surface area is 117 Å². The van der Waals surface area contributed by atoms with Gasteiger partial charge in [-0.1, -0.05) is 15.9 Å². The summed E-state index contributed by atoms with van der Waals surface area (Å²) >= 11 is 3.24. The molecule has 0 spiro atoms. The van der Waals surface area contributed by atoms with Gasteiger partial charge in [0.1, 0.15) is 11.6 Å². The number of hydrogen-bond donors (Lipinski definition) is 2. The lowest BCUT2D eigenvalue weighted by Gasteiger charge is -2.07. The Morgan fingerprint density at radius 3 is 2.89 bits per heavy atom. The highest BCUT2D eigenvalue weighted by Gasteiger charge is 2.08. The molecule has 0 aliphatic heterocycles. The maximum atomic E-state index is 13.5. The average molecular weight is 325 g/mol. The van der Waals surface area contributed by atoms with Crippen LogP contribution in [0.3, 0.4) is 0 Å². The topological polar surface area (TPSA) is 62.2 Å².